The molecule has 1 heteroatoms. The van der Waals surface area contributed by atoms with Crippen LogP contribution in [0, 0.1) is 17.3 Å². The third-order valence-electron chi connectivity index (χ3n) is 3.20. The van der Waals surface area contributed by atoms with Gasteiger partial charge in [-0.1, -0.05) is 45.1 Å². The molecule has 0 radical (unpaired) electrons. The predicted octanol–water partition coefficient (Wildman–Crippen LogP) is 3.29. The molecule has 0 saturated heterocycles. The highest BCUT2D eigenvalue weighted by Gasteiger charge is 2.27. The van der Waals surface area contributed by atoms with Gasteiger partial charge in [0.1, 0.15) is 0 Å². The van der Waals surface area contributed by atoms with E-state index < -0.39 is 0 Å². The van der Waals surface area contributed by atoms with E-state index in [1.807, 2.05) is 6.08 Å². The zero-order valence-corrected chi connectivity index (χ0v) is 9.66. The molecule has 2 unspecified atom stereocenters. The van der Waals surface area contributed by atoms with Gasteiger partial charge in [0, 0.05) is 12.3 Å². The Morgan fingerprint density at radius 3 is 2.60 bits per heavy atom. The van der Waals surface area contributed by atoms with Gasteiger partial charge in [-0.2, -0.15) is 0 Å². The molecule has 2 atom stereocenters. The summed E-state index contributed by atoms with van der Waals surface area (Å²) in [5.41, 5.74) is 1.58. The highest BCUT2D eigenvalue weighted by Crippen LogP contribution is 2.36. The van der Waals surface area contributed by atoms with E-state index in [0.717, 1.165) is 0 Å². The van der Waals surface area contributed by atoms with Crippen LogP contribution in [0.15, 0.2) is 36.0 Å². The summed E-state index contributed by atoms with van der Waals surface area (Å²) in [5, 5.41) is 0. The van der Waals surface area contributed by atoms with E-state index in [-0.39, 0.29) is 11.2 Å². The molecule has 2 aliphatic carbocycles. The predicted molar refractivity (Wildman–Crippen MR) is 62.4 cm³/mol. The number of carbonyl (C=O) groups is 1. The second-order valence-corrected chi connectivity index (χ2v) is 5.50. The summed E-state index contributed by atoms with van der Waals surface area (Å²) in [7, 11) is 0. The van der Waals surface area contributed by atoms with Crippen molar-refractivity contribution in [2.24, 2.45) is 17.3 Å². The van der Waals surface area contributed by atoms with Crippen LogP contribution in [0.25, 0.3) is 0 Å². The highest BCUT2D eigenvalue weighted by atomic mass is 16.1. The Balaban J connectivity index is 2.27. The average Bonchev–Trinajstić information content (AvgIpc) is 2.15. The maximum absolute atomic E-state index is 11.3. The highest BCUT2D eigenvalue weighted by molar-refractivity contribution is 5.91. The molecule has 0 aromatic rings. The third-order valence-corrected chi connectivity index (χ3v) is 3.20. The van der Waals surface area contributed by atoms with Crippen LogP contribution in [0.2, 0.25) is 0 Å². The van der Waals surface area contributed by atoms with Gasteiger partial charge in [-0.3, -0.25) is 4.79 Å². The molecule has 0 saturated carbocycles. The van der Waals surface area contributed by atoms with E-state index in [1.165, 1.54) is 5.57 Å². The van der Waals surface area contributed by atoms with E-state index in [2.05, 4.69) is 39.0 Å². The summed E-state index contributed by atoms with van der Waals surface area (Å²) in [6.07, 6.45) is 11.2. The van der Waals surface area contributed by atoms with Crippen LogP contribution in [-0.2, 0) is 4.79 Å². The number of ketones is 1. The molecule has 80 valence electrons. The largest absolute Gasteiger partial charge is 0.295 e. The second-order valence-electron chi connectivity index (χ2n) is 5.50. The Morgan fingerprint density at radius 2 is 1.93 bits per heavy atom. The number of hydrogen-bond acceptors (Lipinski definition) is 1. The molecule has 0 heterocycles. The van der Waals surface area contributed by atoms with Crippen molar-refractivity contribution in [1.29, 1.82) is 0 Å². The molecule has 2 aliphatic rings. The van der Waals surface area contributed by atoms with Gasteiger partial charge in [0.15, 0.2) is 5.78 Å². The normalized spacial score (nSPS) is 30.1. The molecule has 1 nitrogen and oxygen atoms in total. The van der Waals surface area contributed by atoms with E-state index >= 15 is 0 Å². The SMILES string of the molecule is CC(C)(C)C1=CC2C=CC(=O)CC2C=C1. The summed E-state index contributed by atoms with van der Waals surface area (Å²) in [6.45, 7) is 6.67. The molecular weight excluding hydrogens is 184 g/mol. The molecule has 0 aromatic carbocycles. The van der Waals surface area contributed by atoms with Gasteiger partial charge >= 0.3 is 0 Å². The third kappa shape index (κ3) is 2.11. The summed E-state index contributed by atoms with van der Waals surface area (Å²) < 4.78 is 0. The van der Waals surface area contributed by atoms with Crippen molar-refractivity contribution < 1.29 is 4.79 Å². The Labute approximate surface area is 91.6 Å². The van der Waals surface area contributed by atoms with Crippen LogP contribution in [0.1, 0.15) is 27.2 Å². The lowest BCUT2D eigenvalue weighted by Gasteiger charge is -2.30. The zero-order valence-electron chi connectivity index (χ0n) is 9.66. The molecule has 0 N–H and O–H groups in total. The monoisotopic (exact) mass is 202 g/mol. The summed E-state index contributed by atoms with van der Waals surface area (Å²) in [4.78, 5) is 11.3. The van der Waals surface area contributed by atoms with Gasteiger partial charge in [-0.25, -0.2) is 0 Å². The standard InChI is InChI=1S/C14H18O/c1-14(2,3)12-6-4-11-9-13(15)7-5-10(11)8-12/h4-8,10-11H,9H2,1-3H3. The van der Waals surface area contributed by atoms with Crippen molar-refractivity contribution in [2.75, 3.05) is 0 Å². The molecule has 0 bridgehead atoms. The quantitative estimate of drug-likeness (QED) is 0.589. The van der Waals surface area contributed by atoms with Gasteiger partial charge in [0.25, 0.3) is 0 Å². The number of allylic oxidation sites excluding steroid dienone is 6. The number of carbonyl (C=O) groups excluding carboxylic acids is 1. The minimum Gasteiger partial charge on any atom is -0.295 e. The fourth-order valence-electron chi connectivity index (χ4n) is 2.16. The first-order valence-corrected chi connectivity index (χ1v) is 5.58. The number of hydrogen-bond donors (Lipinski definition) is 0. The van der Waals surface area contributed by atoms with Crippen molar-refractivity contribution in [1.82, 2.24) is 0 Å². The van der Waals surface area contributed by atoms with Crippen molar-refractivity contribution in [3.05, 3.63) is 36.0 Å². The van der Waals surface area contributed by atoms with E-state index in [4.69, 9.17) is 0 Å². The lowest BCUT2D eigenvalue weighted by atomic mass is 9.74. The maximum atomic E-state index is 11.3. The fourth-order valence-corrected chi connectivity index (χ4v) is 2.16. The van der Waals surface area contributed by atoms with E-state index in [9.17, 15) is 4.79 Å². The Bertz CT molecular complexity index is 363. The minimum atomic E-state index is 0.205. The van der Waals surface area contributed by atoms with Crippen molar-refractivity contribution in [3.63, 3.8) is 0 Å². The lowest BCUT2D eigenvalue weighted by molar-refractivity contribution is -0.115. The molecule has 0 fully saturated rings. The van der Waals surface area contributed by atoms with E-state index in [0.29, 0.717) is 18.3 Å². The molecule has 2 rings (SSSR count). The maximum Gasteiger partial charge on any atom is 0.156 e. The number of fused-ring (bicyclic) bond motifs is 1. The first-order chi connectivity index (χ1) is 6.97. The minimum absolute atomic E-state index is 0.205. The molecule has 0 aromatic heterocycles. The molecule has 0 amide bonds. The molecule has 15 heavy (non-hydrogen) atoms. The molecule has 0 aliphatic heterocycles. The van der Waals surface area contributed by atoms with Crippen LogP contribution >= 0.6 is 0 Å². The van der Waals surface area contributed by atoms with Crippen molar-refractivity contribution in [2.45, 2.75) is 27.2 Å². The zero-order chi connectivity index (χ0) is 11.1. The van der Waals surface area contributed by atoms with Gasteiger partial charge in [-0.15, -0.1) is 0 Å². The van der Waals surface area contributed by atoms with Crippen LogP contribution in [-0.4, -0.2) is 5.78 Å². The fraction of sp³-hybridized carbons (Fsp3) is 0.500. The Hall–Kier alpha value is -1.11. The smallest absolute Gasteiger partial charge is 0.156 e. The first kappa shape index (κ1) is 10.4. The van der Waals surface area contributed by atoms with Crippen LogP contribution in [0.5, 0.6) is 0 Å². The summed E-state index contributed by atoms with van der Waals surface area (Å²) in [5.74, 6) is 1.09. The first-order valence-electron chi connectivity index (χ1n) is 5.58. The molecular formula is C14H18O. The van der Waals surface area contributed by atoms with Crippen LogP contribution in [0.4, 0.5) is 0 Å². The molecule has 0 spiro atoms. The summed E-state index contributed by atoms with van der Waals surface area (Å²) >= 11 is 0. The van der Waals surface area contributed by atoms with Gasteiger partial charge in [0.05, 0.1) is 0 Å². The van der Waals surface area contributed by atoms with Crippen LogP contribution < -0.4 is 0 Å². The average molecular weight is 202 g/mol. The van der Waals surface area contributed by atoms with Crippen molar-refractivity contribution in [3.8, 4) is 0 Å². The van der Waals surface area contributed by atoms with Crippen LogP contribution in [0.3, 0.4) is 0 Å². The van der Waals surface area contributed by atoms with Gasteiger partial charge in [-0.05, 0) is 23.0 Å². The Morgan fingerprint density at radius 1 is 1.20 bits per heavy atom. The Kier molecular flexibility index (Phi) is 2.41. The summed E-state index contributed by atoms with van der Waals surface area (Å²) in [6, 6.07) is 0. The number of rotatable bonds is 0. The van der Waals surface area contributed by atoms with E-state index in [1.54, 1.807) is 6.08 Å². The van der Waals surface area contributed by atoms with Crippen molar-refractivity contribution >= 4 is 5.78 Å². The second kappa shape index (κ2) is 3.48. The van der Waals surface area contributed by atoms with Gasteiger partial charge < -0.3 is 0 Å². The lowest BCUT2D eigenvalue weighted by Crippen LogP contribution is -2.22. The topological polar surface area (TPSA) is 17.1 Å². The van der Waals surface area contributed by atoms with Gasteiger partial charge in [0.2, 0.25) is 0 Å².